The molecule has 0 aliphatic carbocycles. The van der Waals surface area contributed by atoms with E-state index in [0.717, 1.165) is 17.7 Å². The summed E-state index contributed by atoms with van der Waals surface area (Å²) in [6.45, 7) is 4.03. The minimum absolute atomic E-state index is 0.0369. The number of halogens is 3. The SMILES string of the molecule is CCNC(=NCCCNC(=O)c1cccc(O)c1)NCCc1ccc(C(F)(F)F)cc1. The second-order valence-electron chi connectivity index (χ2n) is 6.79. The number of carbonyl (C=O) groups excluding carboxylic acids is 1. The molecule has 0 heterocycles. The van der Waals surface area contributed by atoms with Crippen molar-refractivity contribution in [1.29, 1.82) is 0 Å². The van der Waals surface area contributed by atoms with Gasteiger partial charge in [-0.2, -0.15) is 13.2 Å². The minimum atomic E-state index is -4.33. The summed E-state index contributed by atoms with van der Waals surface area (Å²) in [5.41, 5.74) is 0.531. The number of aromatic hydroxyl groups is 1. The number of benzene rings is 2. The van der Waals surface area contributed by atoms with Gasteiger partial charge in [-0.25, -0.2) is 0 Å². The molecule has 0 aromatic heterocycles. The van der Waals surface area contributed by atoms with Crippen molar-refractivity contribution in [3.63, 3.8) is 0 Å². The molecule has 0 atom stereocenters. The van der Waals surface area contributed by atoms with Crippen molar-refractivity contribution in [1.82, 2.24) is 16.0 Å². The lowest BCUT2D eigenvalue weighted by Gasteiger charge is -2.12. The number of alkyl halides is 3. The summed E-state index contributed by atoms with van der Waals surface area (Å²) in [5.74, 6) is 0.380. The van der Waals surface area contributed by atoms with Gasteiger partial charge in [-0.3, -0.25) is 9.79 Å². The van der Waals surface area contributed by atoms with Crippen LogP contribution in [-0.2, 0) is 12.6 Å². The molecule has 0 saturated heterocycles. The van der Waals surface area contributed by atoms with Crippen LogP contribution in [0.15, 0.2) is 53.5 Å². The fourth-order valence-electron chi connectivity index (χ4n) is 2.75. The van der Waals surface area contributed by atoms with Crippen LogP contribution in [0, 0.1) is 0 Å². The Bertz CT molecular complexity index is 868. The van der Waals surface area contributed by atoms with Gasteiger partial charge in [0.05, 0.1) is 5.56 Å². The monoisotopic (exact) mass is 436 g/mol. The molecule has 6 nitrogen and oxygen atoms in total. The van der Waals surface area contributed by atoms with Crippen molar-refractivity contribution in [3.8, 4) is 5.75 Å². The van der Waals surface area contributed by atoms with Crippen LogP contribution >= 0.6 is 0 Å². The number of carbonyl (C=O) groups is 1. The zero-order chi connectivity index (χ0) is 22.7. The molecular weight excluding hydrogens is 409 g/mol. The summed E-state index contributed by atoms with van der Waals surface area (Å²) < 4.78 is 37.8. The predicted molar refractivity (Wildman–Crippen MR) is 114 cm³/mol. The summed E-state index contributed by atoms with van der Waals surface area (Å²) >= 11 is 0. The van der Waals surface area contributed by atoms with Crippen LogP contribution in [0.5, 0.6) is 5.75 Å². The predicted octanol–water partition coefficient (Wildman–Crippen LogP) is 3.33. The van der Waals surface area contributed by atoms with E-state index in [0.29, 0.717) is 50.5 Å². The molecule has 168 valence electrons. The molecular formula is C22H27F3N4O2. The van der Waals surface area contributed by atoms with E-state index in [1.165, 1.54) is 24.3 Å². The topological polar surface area (TPSA) is 85.8 Å². The van der Waals surface area contributed by atoms with Crippen LogP contribution in [0.4, 0.5) is 13.2 Å². The summed E-state index contributed by atoms with van der Waals surface area (Å²) in [5, 5.41) is 18.4. The maximum atomic E-state index is 12.6. The van der Waals surface area contributed by atoms with Gasteiger partial charge in [0.2, 0.25) is 0 Å². The molecule has 1 amide bonds. The molecule has 0 aliphatic rings. The first kappa shape index (κ1) is 24.0. The van der Waals surface area contributed by atoms with Gasteiger partial charge in [0, 0.05) is 31.7 Å². The van der Waals surface area contributed by atoms with Crippen molar-refractivity contribution in [3.05, 3.63) is 65.2 Å². The molecule has 0 spiro atoms. The summed E-state index contributed by atoms with van der Waals surface area (Å²) in [6.07, 6.45) is -3.15. The maximum Gasteiger partial charge on any atom is 0.416 e. The van der Waals surface area contributed by atoms with Crippen LogP contribution in [0.3, 0.4) is 0 Å². The van der Waals surface area contributed by atoms with Crippen LogP contribution < -0.4 is 16.0 Å². The number of rotatable bonds is 9. The zero-order valence-electron chi connectivity index (χ0n) is 17.3. The Morgan fingerprint density at radius 3 is 2.42 bits per heavy atom. The van der Waals surface area contributed by atoms with Gasteiger partial charge in [-0.15, -0.1) is 0 Å². The largest absolute Gasteiger partial charge is 0.508 e. The van der Waals surface area contributed by atoms with E-state index in [2.05, 4.69) is 20.9 Å². The lowest BCUT2D eigenvalue weighted by atomic mass is 10.1. The van der Waals surface area contributed by atoms with E-state index in [-0.39, 0.29) is 11.7 Å². The molecule has 0 bridgehead atoms. The molecule has 2 rings (SSSR count). The Balaban J connectivity index is 1.72. The highest BCUT2D eigenvalue weighted by atomic mass is 19.4. The number of phenols is 1. The minimum Gasteiger partial charge on any atom is -0.508 e. The molecule has 0 aliphatic heterocycles. The number of aliphatic imine (C=N–C) groups is 1. The Kier molecular flexibility index (Phi) is 9.17. The lowest BCUT2D eigenvalue weighted by Crippen LogP contribution is -2.38. The average molecular weight is 436 g/mol. The van der Waals surface area contributed by atoms with E-state index < -0.39 is 11.7 Å². The van der Waals surface area contributed by atoms with Gasteiger partial charge in [0.25, 0.3) is 5.91 Å². The van der Waals surface area contributed by atoms with Gasteiger partial charge in [0.1, 0.15) is 5.75 Å². The third-order valence-corrected chi connectivity index (χ3v) is 4.33. The highest BCUT2D eigenvalue weighted by Crippen LogP contribution is 2.29. The molecule has 2 aromatic rings. The van der Waals surface area contributed by atoms with Gasteiger partial charge in [0.15, 0.2) is 5.96 Å². The highest BCUT2D eigenvalue weighted by Gasteiger charge is 2.29. The Labute approximate surface area is 179 Å². The van der Waals surface area contributed by atoms with Gasteiger partial charge in [-0.05, 0) is 55.7 Å². The number of guanidine groups is 1. The van der Waals surface area contributed by atoms with E-state index in [9.17, 15) is 23.1 Å². The normalized spacial score (nSPS) is 11.8. The fraction of sp³-hybridized carbons (Fsp3) is 0.364. The second kappa shape index (κ2) is 11.8. The molecule has 0 radical (unpaired) electrons. The number of amides is 1. The molecule has 2 aromatic carbocycles. The van der Waals surface area contributed by atoms with Crippen LogP contribution in [0.25, 0.3) is 0 Å². The van der Waals surface area contributed by atoms with Crippen molar-refractivity contribution >= 4 is 11.9 Å². The fourth-order valence-corrected chi connectivity index (χ4v) is 2.75. The van der Waals surface area contributed by atoms with Gasteiger partial charge < -0.3 is 21.1 Å². The third kappa shape index (κ3) is 8.57. The zero-order valence-corrected chi connectivity index (χ0v) is 17.3. The highest BCUT2D eigenvalue weighted by molar-refractivity contribution is 5.94. The lowest BCUT2D eigenvalue weighted by molar-refractivity contribution is -0.137. The van der Waals surface area contributed by atoms with E-state index >= 15 is 0 Å². The maximum absolute atomic E-state index is 12.6. The van der Waals surface area contributed by atoms with Crippen LogP contribution in [0.1, 0.15) is 34.8 Å². The first-order valence-electron chi connectivity index (χ1n) is 10.0. The molecule has 4 N–H and O–H groups in total. The number of hydrogen-bond acceptors (Lipinski definition) is 3. The average Bonchev–Trinajstić information content (AvgIpc) is 2.73. The molecule has 0 saturated carbocycles. The van der Waals surface area contributed by atoms with Crippen molar-refractivity contribution in [2.75, 3.05) is 26.2 Å². The smallest absolute Gasteiger partial charge is 0.416 e. The number of nitrogens with zero attached hydrogens (tertiary/aromatic N) is 1. The molecule has 9 heteroatoms. The number of nitrogens with one attached hydrogen (secondary N) is 3. The third-order valence-electron chi connectivity index (χ3n) is 4.33. The molecule has 31 heavy (non-hydrogen) atoms. The quantitative estimate of drug-likeness (QED) is 0.276. The second-order valence-corrected chi connectivity index (χ2v) is 6.79. The van der Waals surface area contributed by atoms with E-state index in [4.69, 9.17) is 0 Å². The Hall–Kier alpha value is -3.23. The Morgan fingerprint density at radius 1 is 1.03 bits per heavy atom. The molecule has 0 fully saturated rings. The first-order chi connectivity index (χ1) is 14.8. The van der Waals surface area contributed by atoms with Crippen LogP contribution in [-0.4, -0.2) is 43.2 Å². The summed E-state index contributed by atoms with van der Waals surface area (Å²) in [4.78, 5) is 16.4. The van der Waals surface area contributed by atoms with Gasteiger partial charge >= 0.3 is 6.18 Å². The Morgan fingerprint density at radius 2 is 1.77 bits per heavy atom. The number of hydrogen-bond donors (Lipinski definition) is 4. The van der Waals surface area contributed by atoms with Gasteiger partial charge in [-0.1, -0.05) is 18.2 Å². The standard InChI is InChI=1S/C22H27F3N4O2/c1-2-26-21(29-14-11-16-7-9-18(10-8-16)22(23,24)25)28-13-4-12-27-20(31)17-5-3-6-19(30)15-17/h3,5-10,15,30H,2,4,11-14H2,1H3,(H,27,31)(H2,26,28,29). The van der Waals surface area contributed by atoms with Crippen molar-refractivity contribution < 1.29 is 23.1 Å². The number of phenolic OH excluding ortho intramolecular Hbond substituents is 1. The van der Waals surface area contributed by atoms with E-state index in [1.807, 2.05) is 6.92 Å². The van der Waals surface area contributed by atoms with Crippen molar-refractivity contribution in [2.24, 2.45) is 4.99 Å². The summed E-state index contributed by atoms with van der Waals surface area (Å²) in [6, 6.07) is 11.2. The van der Waals surface area contributed by atoms with Crippen LogP contribution in [0.2, 0.25) is 0 Å². The van der Waals surface area contributed by atoms with E-state index in [1.54, 1.807) is 12.1 Å². The first-order valence-corrected chi connectivity index (χ1v) is 10.0. The summed E-state index contributed by atoms with van der Waals surface area (Å²) in [7, 11) is 0. The van der Waals surface area contributed by atoms with Crippen molar-refractivity contribution in [2.45, 2.75) is 25.9 Å². The molecule has 0 unspecified atom stereocenters.